The molecule has 2 fully saturated rings. The smallest absolute Gasteiger partial charge is 0.268 e. The Labute approximate surface area is 200 Å². The third kappa shape index (κ3) is 5.04. The molecule has 1 amide bonds. The second kappa shape index (κ2) is 9.78. The zero-order valence-electron chi connectivity index (χ0n) is 19.1. The first-order valence-electron chi connectivity index (χ1n) is 12.0. The van der Waals surface area contributed by atoms with Gasteiger partial charge in [-0.25, -0.2) is 0 Å². The largest absolute Gasteiger partial charge is 0.497 e. The Morgan fingerprint density at radius 1 is 1.09 bits per heavy atom. The maximum atomic E-state index is 13.0. The predicted molar refractivity (Wildman–Crippen MR) is 133 cm³/mol. The number of rotatable bonds is 6. The van der Waals surface area contributed by atoms with Crippen LogP contribution in [-0.2, 0) is 6.42 Å². The van der Waals surface area contributed by atoms with Crippen molar-refractivity contribution in [1.82, 2.24) is 15.2 Å². The highest BCUT2D eigenvalue weighted by Crippen LogP contribution is 2.30. The number of benzene rings is 2. The van der Waals surface area contributed by atoms with Crippen LogP contribution in [0.2, 0.25) is 5.02 Å². The molecule has 2 heterocycles. The first-order chi connectivity index (χ1) is 16.1. The molecular formula is C27H32ClN3O2. The van der Waals surface area contributed by atoms with Gasteiger partial charge in [-0.1, -0.05) is 23.7 Å². The standard InChI is InChI=1S/C27H32ClN3O2/c1-33-22-9-10-23-20(16-22)17-25(29-23)27(32)30-24-3-2-4-26(24)31-13-11-19(12-14-31)15-18-5-7-21(28)8-6-18/h5-10,16-17,19,24,26,29H,2-4,11-15H2,1H3,(H,30,32). The molecule has 1 aromatic heterocycles. The molecule has 0 radical (unpaired) electrons. The molecule has 1 saturated heterocycles. The zero-order valence-corrected chi connectivity index (χ0v) is 19.9. The van der Waals surface area contributed by atoms with Gasteiger partial charge in [0.05, 0.1) is 7.11 Å². The van der Waals surface area contributed by atoms with Crippen LogP contribution in [0, 0.1) is 5.92 Å². The lowest BCUT2D eigenvalue weighted by Crippen LogP contribution is -2.51. The van der Waals surface area contributed by atoms with Gasteiger partial charge in [-0.2, -0.15) is 0 Å². The van der Waals surface area contributed by atoms with Crippen LogP contribution < -0.4 is 10.1 Å². The number of amides is 1. The second-order valence-electron chi connectivity index (χ2n) is 9.52. The molecule has 5 nitrogen and oxygen atoms in total. The average molecular weight is 466 g/mol. The molecule has 3 aromatic rings. The normalized spacial score (nSPS) is 22.0. The van der Waals surface area contributed by atoms with Gasteiger partial charge in [-0.15, -0.1) is 0 Å². The van der Waals surface area contributed by atoms with Crippen LogP contribution in [-0.4, -0.2) is 48.1 Å². The summed E-state index contributed by atoms with van der Waals surface area (Å²) >= 11 is 6.02. The van der Waals surface area contributed by atoms with E-state index in [2.05, 4.69) is 27.3 Å². The molecule has 1 saturated carbocycles. The Morgan fingerprint density at radius 2 is 1.88 bits per heavy atom. The van der Waals surface area contributed by atoms with E-state index in [0.717, 1.165) is 59.9 Å². The van der Waals surface area contributed by atoms with E-state index >= 15 is 0 Å². The SMILES string of the molecule is COc1ccc2[nH]c(C(=O)NC3CCCC3N3CCC(Cc4ccc(Cl)cc4)CC3)cc2c1. The van der Waals surface area contributed by atoms with E-state index in [0.29, 0.717) is 11.7 Å². The van der Waals surface area contributed by atoms with Crippen molar-refractivity contribution < 1.29 is 9.53 Å². The van der Waals surface area contributed by atoms with Gasteiger partial charge in [-0.05, 0) is 99.5 Å². The number of ether oxygens (including phenoxy) is 1. The number of H-pyrrole nitrogens is 1. The lowest BCUT2D eigenvalue weighted by atomic mass is 9.89. The van der Waals surface area contributed by atoms with Crippen LogP contribution in [0.3, 0.4) is 0 Å². The molecule has 2 aliphatic rings. The average Bonchev–Trinajstić information content (AvgIpc) is 3.47. The fraction of sp³-hybridized carbons (Fsp3) is 0.444. The first kappa shape index (κ1) is 22.3. The number of likely N-dealkylation sites (tertiary alicyclic amines) is 1. The van der Waals surface area contributed by atoms with Gasteiger partial charge in [0, 0.05) is 28.0 Å². The second-order valence-corrected chi connectivity index (χ2v) is 9.96. The highest BCUT2D eigenvalue weighted by molar-refractivity contribution is 6.30. The van der Waals surface area contributed by atoms with Crippen molar-refractivity contribution in [2.24, 2.45) is 5.92 Å². The third-order valence-electron chi connectivity index (χ3n) is 7.42. The van der Waals surface area contributed by atoms with Gasteiger partial charge in [0.15, 0.2) is 0 Å². The molecule has 2 N–H and O–H groups in total. The molecule has 1 aliphatic carbocycles. The Hall–Kier alpha value is -2.50. The van der Waals surface area contributed by atoms with Crippen LogP contribution in [0.25, 0.3) is 10.9 Å². The monoisotopic (exact) mass is 465 g/mol. The van der Waals surface area contributed by atoms with Crippen LogP contribution in [0.1, 0.15) is 48.2 Å². The summed E-state index contributed by atoms with van der Waals surface area (Å²) < 4.78 is 5.30. The Morgan fingerprint density at radius 3 is 2.64 bits per heavy atom. The van der Waals surface area contributed by atoms with Gasteiger partial charge in [0.25, 0.3) is 5.91 Å². The van der Waals surface area contributed by atoms with Gasteiger partial charge in [-0.3, -0.25) is 9.69 Å². The topological polar surface area (TPSA) is 57.4 Å². The molecule has 2 aromatic carbocycles. The molecule has 174 valence electrons. The van der Waals surface area contributed by atoms with E-state index in [1.54, 1.807) is 7.11 Å². The number of piperidine rings is 1. The number of nitrogens with zero attached hydrogens (tertiary/aromatic N) is 1. The molecule has 2 unspecified atom stereocenters. The van der Waals surface area contributed by atoms with Crippen molar-refractivity contribution in [3.05, 3.63) is 64.8 Å². The molecule has 1 aliphatic heterocycles. The summed E-state index contributed by atoms with van der Waals surface area (Å²) in [6.45, 7) is 2.23. The van der Waals surface area contributed by atoms with E-state index in [9.17, 15) is 4.79 Å². The lowest BCUT2D eigenvalue weighted by Gasteiger charge is -2.38. The Bertz CT molecular complexity index is 1100. The van der Waals surface area contributed by atoms with E-state index < -0.39 is 0 Å². The summed E-state index contributed by atoms with van der Waals surface area (Å²) in [6.07, 6.45) is 6.93. The molecule has 0 spiro atoms. The summed E-state index contributed by atoms with van der Waals surface area (Å²) in [7, 11) is 1.65. The zero-order chi connectivity index (χ0) is 22.8. The highest BCUT2D eigenvalue weighted by atomic mass is 35.5. The van der Waals surface area contributed by atoms with E-state index in [4.69, 9.17) is 16.3 Å². The van der Waals surface area contributed by atoms with Crippen molar-refractivity contribution in [2.45, 2.75) is 50.6 Å². The molecular weight excluding hydrogens is 434 g/mol. The number of fused-ring (bicyclic) bond motifs is 1. The first-order valence-corrected chi connectivity index (χ1v) is 12.4. The van der Waals surface area contributed by atoms with Crippen molar-refractivity contribution in [3.8, 4) is 5.75 Å². The fourth-order valence-corrected chi connectivity index (χ4v) is 5.72. The number of carbonyl (C=O) groups excluding carboxylic acids is 1. The number of aromatic nitrogens is 1. The summed E-state index contributed by atoms with van der Waals surface area (Å²) in [4.78, 5) is 18.9. The van der Waals surface area contributed by atoms with Gasteiger partial charge in [0.1, 0.15) is 11.4 Å². The summed E-state index contributed by atoms with van der Waals surface area (Å²) in [5.74, 6) is 1.50. The molecule has 2 atom stereocenters. The van der Waals surface area contributed by atoms with Crippen LogP contribution in [0.5, 0.6) is 5.75 Å². The number of nitrogens with one attached hydrogen (secondary N) is 2. The summed E-state index contributed by atoms with van der Waals surface area (Å²) in [5.41, 5.74) is 2.94. The lowest BCUT2D eigenvalue weighted by molar-refractivity contribution is 0.0858. The minimum absolute atomic E-state index is 0.0142. The van der Waals surface area contributed by atoms with Crippen LogP contribution in [0.4, 0.5) is 0 Å². The van der Waals surface area contributed by atoms with E-state index in [1.807, 2.05) is 36.4 Å². The van der Waals surface area contributed by atoms with Crippen molar-refractivity contribution in [3.63, 3.8) is 0 Å². The van der Waals surface area contributed by atoms with E-state index in [-0.39, 0.29) is 11.9 Å². The van der Waals surface area contributed by atoms with Crippen LogP contribution in [0.15, 0.2) is 48.5 Å². The predicted octanol–water partition coefficient (Wildman–Crippen LogP) is 5.44. The van der Waals surface area contributed by atoms with Gasteiger partial charge >= 0.3 is 0 Å². The number of hydrogen-bond donors (Lipinski definition) is 2. The minimum Gasteiger partial charge on any atom is -0.497 e. The number of hydrogen-bond acceptors (Lipinski definition) is 3. The Balaban J connectivity index is 1.17. The van der Waals surface area contributed by atoms with Crippen molar-refractivity contribution >= 4 is 28.4 Å². The van der Waals surface area contributed by atoms with Gasteiger partial charge in [0.2, 0.25) is 0 Å². The summed E-state index contributed by atoms with van der Waals surface area (Å²) in [5, 5.41) is 5.12. The Kier molecular flexibility index (Phi) is 6.61. The van der Waals surface area contributed by atoms with E-state index in [1.165, 1.54) is 24.8 Å². The molecule has 33 heavy (non-hydrogen) atoms. The minimum atomic E-state index is -0.0142. The van der Waals surface area contributed by atoms with Crippen molar-refractivity contribution in [1.29, 1.82) is 0 Å². The molecule has 6 heteroatoms. The molecule has 5 rings (SSSR count). The molecule has 0 bridgehead atoms. The maximum absolute atomic E-state index is 13.0. The third-order valence-corrected chi connectivity index (χ3v) is 7.68. The summed E-state index contributed by atoms with van der Waals surface area (Å²) in [6, 6.07) is 16.7. The van der Waals surface area contributed by atoms with Crippen LogP contribution >= 0.6 is 11.6 Å². The van der Waals surface area contributed by atoms with Gasteiger partial charge < -0.3 is 15.0 Å². The maximum Gasteiger partial charge on any atom is 0.268 e. The number of halogens is 1. The number of methoxy groups -OCH3 is 1. The quantitative estimate of drug-likeness (QED) is 0.510. The highest BCUT2D eigenvalue weighted by Gasteiger charge is 2.35. The van der Waals surface area contributed by atoms with Crippen molar-refractivity contribution in [2.75, 3.05) is 20.2 Å². The number of carbonyl (C=O) groups is 1. The number of aromatic amines is 1. The fourth-order valence-electron chi connectivity index (χ4n) is 5.59.